The number of aryl methyl sites for hydroxylation is 1. The van der Waals surface area contributed by atoms with Gasteiger partial charge >= 0.3 is 0 Å². The fourth-order valence-electron chi connectivity index (χ4n) is 3.51. The average molecular weight is 469 g/mol. The van der Waals surface area contributed by atoms with Crippen molar-refractivity contribution in [3.63, 3.8) is 0 Å². The molecule has 0 bridgehead atoms. The van der Waals surface area contributed by atoms with Crippen molar-refractivity contribution < 1.29 is 17.6 Å². The lowest BCUT2D eigenvalue weighted by molar-refractivity contribution is 0.515. The van der Waals surface area contributed by atoms with Crippen molar-refractivity contribution in [2.45, 2.75) is 19.9 Å². The maximum absolute atomic E-state index is 14.5. The molecule has 0 radical (unpaired) electrons. The van der Waals surface area contributed by atoms with E-state index in [-0.39, 0.29) is 40.1 Å². The van der Waals surface area contributed by atoms with Crippen LogP contribution in [0.1, 0.15) is 30.2 Å². The van der Waals surface area contributed by atoms with E-state index in [1.165, 1.54) is 6.92 Å². The maximum atomic E-state index is 14.5. The summed E-state index contributed by atoms with van der Waals surface area (Å²) in [6.07, 6.45) is 0. The number of fused-ring (bicyclic) bond motifs is 1. The van der Waals surface area contributed by atoms with Crippen LogP contribution in [0.15, 0.2) is 35.1 Å². The number of aromatic nitrogens is 4. The molecule has 0 aliphatic heterocycles. The minimum absolute atomic E-state index is 0.0246. The smallest absolute Gasteiger partial charge is 0.269 e. The Morgan fingerprint density at radius 3 is 2.41 bits per heavy atom. The van der Waals surface area contributed by atoms with Gasteiger partial charge in [0.15, 0.2) is 17.5 Å². The van der Waals surface area contributed by atoms with Gasteiger partial charge in [0.2, 0.25) is 0 Å². The van der Waals surface area contributed by atoms with Crippen LogP contribution in [0.3, 0.4) is 0 Å². The second-order valence-corrected chi connectivity index (χ2v) is 7.35. The molecule has 3 N–H and O–H groups in total. The first-order chi connectivity index (χ1) is 16.1. The van der Waals surface area contributed by atoms with Crippen LogP contribution in [0.2, 0.25) is 0 Å². The maximum Gasteiger partial charge on any atom is 0.269 e. The summed E-state index contributed by atoms with van der Waals surface area (Å²) in [5.74, 6) is -4.66. The van der Waals surface area contributed by atoms with Crippen molar-refractivity contribution in [2.24, 2.45) is 0 Å². The first-order valence-electron chi connectivity index (χ1n) is 9.78. The molecule has 0 amide bonds. The summed E-state index contributed by atoms with van der Waals surface area (Å²) in [6.45, 7) is 3.07. The Hall–Kier alpha value is -4.53. The summed E-state index contributed by atoms with van der Waals surface area (Å²) in [5.41, 5.74) is 4.14. The number of nitrogens with zero attached hydrogens (tertiary/aromatic N) is 5. The van der Waals surface area contributed by atoms with Gasteiger partial charge in [-0.2, -0.15) is 5.26 Å². The molecule has 0 aliphatic rings. The molecule has 0 saturated carbocycles. The molecule has 4 rings (SSSR count). The topological polar surface area (TPSA) is 123 Å². The third-order valence-corrected chi connectivity index (χ3v) is 4.96. The lowest BCUT2D eigenvalue weighted by atomic mass is 10.1. The molecule has 34 heavy (non-hydrogen) atoms. The van der Waals surface area contributed by atoms with Crippen molar-refractivity contribution in [1.82, 2.24) is 19.5 Å². The summed E-state index contributed by atoms with van der Waals surface area (Å²) < 4.78 is 57.1. The van der Waals surface area contributed by atoms with E-state index in [0.717, 1.165) is 28.8 Å². The van der Waals surface area contributed by atoms with E-state index in [2.05, 4.69) is 20.3 Å². The van der Waals surface area contributed by atoms with E-state index in [4.69, 9.17) is 5.73 Å². The van der Waals surface area contributed by atoms with E-state index >= 15 is 0 Å². The number of nitrogens with one attached hydrogen (secondary N) is 1. The lowest BCUT2D eigenvalue weighted by Crippen LogP contribution is -2.28. The van der Waals surface area contributed by atoms with Gasteiger partial charge in [0, 0.05) is 6.07 Å². The largest absolute Gasteiger partial charge is 0.382 e. The number of halogens is 4. The number of hydrogen-bond acceptors (Lipinski definition) is 7. The monoisotopic (exact) mass is 469 g/mol. The van der Waals surface area contributed by atoms with Gasteiger partial charge in [0.25, 0.3) is 5.56 Å². The highest BCUT2D eigenvalue weighted by Gasteiger charge is 2.23. The lowest BCUT2D eigenvalue weighted by Gasteiger charge is -2.21. The molecule has 1 atom stereocenters. The fourth-order valence-corrected chi connectivity index (χ4v) is 3.51. The molecule has 2 heterocycles. The van der Waals surface area contributed by atoms with E-state index in [9.17, 15) is 27.6 Å². The molecule has 8 nitrogen and oxygen atoms in total. The van der Waals surface area contributed by atoms with Crippen molar-refractivity contribution in [3.05, 3.63) is 81.2 Å². The molecular formula is C22H15F4N7O. The highest BCUT2D eigenvalue weighted by Crippen LogP contribution is 2.26. The van der Waals surface area contributed by atoms with Crippen LogP contribution in [-0.4, -0.2) is 19.5 Å². The van der Waals surface area contributed by atoms with Crippen LogP contribution < -0.4 is 16.6 Å². The second kappa shape index (κ2) is 8.43. The highest BCUT2D eigenvalue weighted by atomic mass is 19.2. The van der Waals surface area contributed by atoms with Gasteiger partial charge in [-0.15, -0.1) is 0 Å². The molecule has 0 saturated heterocycles. The second-order valence-electron chi connectivity index (χ2n) is 7.35. The predicted octanol–water partition coefficient (Wildman–Crippen LogP) is 3.67. The Morgan fingerprint density at radius 2 is 1.76 bits per heavy atom. The molecule has 4 aromatic rings. The van der Waals surface area contributed by atoms with E-state index in [1.54, 1.807) is 6.92 Å². The summed E-state index contributed by atoms with van der Waals surface area (Å²) in [4.78, 5) is 25.6. The summed E-state index contributed by atoms with van der Waals surface area (Å²) in [5, 5.41) is 11.6. The average Bonchev–Trinajstić information content (AvgIpc) is 2.75. The fraction of sp³-hybridized carbons (Fsp3) is 0.136. The van der Waals surface area contributed by atoms with E-state index in [0.29, 0.717) is 6.07 Å². The van der Waals surface area contributed by atoms with Gasteiger partial charge in [-0.25, -0.2) is 32.5 Å². The number of rotatable bonds is 4. The van der Waals surface area contributed by atoms with Crippen LogP contribution in [0.5, 0.6) is 0 Å². The Labute approximate surface area is 189 Å². The number of nitrogens with two attached hydrogens (primary N) is 1. The van der Waals surface area contributed by atoms with Crippen molar-refractivity contribution in [2.75, 3.05) is 11.1 Å². The SMILES string of the molecule is Cc1nc(N)c(C#N)c(N[C@@H](C)c2nc3ccc(F)c(F)c3c(=O)n2-c2cc(F)cc(F)c2)n1. The number of nitrogen functional groups attached to an aromatic ring is 1. The number of benzene rings is 2. The molecule has 2 aromatic carbocycles. The Morgan fingerprint density at radius 1 is 1.09 bits per heavy atom. The minimum Gasteiger partial charge on any atom is -0.382 e. The molecule has 172 valence electrons. The molecule has 0 aliphatic carbocycles. The van der Waals surface area contributed by atoms with Crippen LogP contribution >= 0.6 is 0 Å². The molecular weight excluding hydrogens is 454 g/mol. The number of hydrogen-bond donors (Lipinski definition) is 2. The van der Waals surface area contributed by atoms with E-state index < -0.39 is 40.3 Å². The van der Waals surface area contributed by atoms with Gasteiger partial charge in [0.05, 0.1) is 17.2 Å². The van der Waals surface area contributed by atoms with Gasteiger partial charge < -0.3 is 11.1 Å². The zero-order valence-electron chi connectivity index (χ0n) is 17.7. The van der Waals surface area contributed by atoms with Crippen molar-refractivity contribution in [3.8, 4) is 11.8 Å². The third kappa shape index (κ3) is 3.88. The van der Waals surface area contributed by atoms with Gasteiger partial charge in [-0.3, -0.25) is 9.36 Å². The van der Waals surface area contributed by atoms with E-state index in [1.807, 2.05) is 6.07 Å². The zero-order chi connectivity index (χ0) is 24.7. The van der Waals surface area contributed by atoms with Gasteiger partial charge in [-0.1, -0.05) is 0 Å². The minimum atomic E-state index is -1.45. The van der Waals surface area contributed by atoms with Crippen LogP contribution in [0.25, 0.3) is 16.6 Å². The Balaban J connectivity index is 2.00. The summed E-state index contributed by atoms with van der Waals surface area (Å²) in [7, 11) is 0. The zero-order valence-corrected chi connectivity index (χ0v) is 17.7. The quantitative estimate of drug-likeness (QED) is 0.437. The standard InChI is InChI=1S/C22H15F4N7O/c1-9(29-20-14(8-27)19(28)30-10(2)31-20)21-32-16-4-3-15(25)18(26)17(16)22(34)33(21)13-6-11(23)5-12(24)7-13/h3-7,9H,1-2H3,(H3,28,29,30,31)/t9-/m0/s1. The van der Waals surface area contributed by atoms with Crippen LogP contribution in [0.4, 0.5) is 29.2 Å². The van der Waals surface area contributed by atoms with Gasteiger partial charge in [-0.05, 0) is 38.1 Å². The summed E-state index contributed by atoms with van der Waals surface area (Å²) >= 11 is 0. The van der Waals surface area contributed by atoms with Crippen molar-refractivity contribution >= 4 is 22.5 Å². The third-order valence-electron chi connectivity index (χ3n) is 4.96. The molecule has 2 aromatic heterocycles. The van der Waals surface area contributed by atoms with Crippen LogP contribution in [-0.2, 0) is 0 Å². The Kier molecular flexibility index (Phi) is 5.62. The van der Waals surface area contributed by atoms with Gasteiger partial charge in [0.1, 0.15) is 46.1 Å². The number of nitriles is 1. The first-order valence-corrected chi connectivity index (χ1v) is 9.78. The first kappa shape index (κ1) is 22.7. The highest BCUT2D eigenvalue weighted by molar-refractivity contribution is 5.79. The van der Waals surface area contributed by atoms with Crippen molar-refractivity contribution in [1.29, 1.82) is 5.26 Å². The summed E-state index contributed by atoms with van der Waals surface area (Å²) in [6, 6.07) is 5.14. The predicted molar refractivity (Wildman–Crippen MR) is 115 cm³/mol. The molecule has 0 spiro atoms. The molecule has 0 unspecified atom stereocenters. The molecule has 0 fully saturated rings. The molecule has 12 heteroatoms. The van der Waals surface area contributed by atoms with Crippen LogP contribution in [0, 0.1) is 41.5 Å². The Bertz CT molecular complexity index is 1540. The normalized spacial score (nSPS) is 11.9. The number of anilines is 2.